The van der Waals surface area contributed by atoms with Gasteiger partial charge in [-0.1, -0.05) is 43.2 Å². The van der Waals surface area contributed by atoms with E-state index in [1.807, 2.05) is 35.2 Å². The summed E-state index contributed by atoms with van der Waals surface area (Å²) in [5, 5.41) is 0. The Morgan fingerprint density at radius 2 is 1.48 bits per heavy atom. The summed E-state index contributed by atoms with van der Waals surface area (Å²) < 4.78 is 42.7. The lowest BCUT2D eigenvalue weighted by Crippen LogP contribution is -2.33. The summed E-state index contributed by atoms with van der Waals surface area (Å²) in [7, 11) is -3.91. The highest BCUT2D eigenvalue weighted by atomic mass is 32.2. The molecule has 1 fully saturated rings. The van der Waals surface area contributed by atoms with Gasteiger partial charge in [-0.3, -0.25) is 0 Å². The lowest BCUT2D eigenvalue weighted by atomic mass is 10.2. The predicted molar refractivity (Wildman–Crippen MR) is 96.6 cm³/mol. The van der Waals surface area contributed by atoms with Crippen LogP contribution in [0, 0.1) is 5.82 Å². The lowest BCUT2D eigenvalue weighted by molar-refractivity contribution is 0.436. The number of rotatable bonds is 3. The molecule has 2 aromatic rings. The standard InChI is InChI=1S/C19H21FN2O2S/c20-17-10-12-18(13-11-17)25(23,24)21-19(16-8-4-3-5-9-16)22-14-6-1-2-7-15-22/h3-5,8-13H,1-2,6-7,14-15H2/b21-19+. The molecule has 1 saturated heterocycles. The molecule has 0 spiro atoms. The molecule has 0 N–H and O–H groups in total. The normalized spacial score (nSPS) is 16.5. The van der Waals surface area contributed by atoms with Crippen LogP contribution in [0.25, 0.3) is 0 Å². The SMILES string of the molecule is O=S(=O)(/N=C(\c1ccccc1)N1CCCCCC1)c1ccc(F)cc1. The van der Waals surface area contributed by atoms with Gasteiger partial charge >= 0.3 is 0 Å². The van der Waals surface area contributed by atoms with E-state index in [-0.39, 0.29) is 4.90 Å². The Labute approximate surface area is 148 Å². The van der Waals surface area contributed by atoms with Crippen molar-refractivity contribution in [1.29, 1.82) is 0 Å². The second-order valence-corrected chi connectivity index (χ2v) is 7.72. The first-order valence-corrected chi connectivity index (χ1v) is 9.91. The van der Waals surface area contributed by atoms with Gasteiger partial charge in [0.05, 0.1) is 4.90 Å². The summed E-state index contributed by atoms with van der Waals surface area (Å²) >= 11 is 0. The van der Waals surface area contributed by atoms with Crippen molar-refractivity contribution < 1.29 is 12.8 Å². The Balaban J connectivity index is 2.03. The zero-order chi connectivity index (χ0) is 17.7. The van der Waals surface area contributed by atoms with E-state index in [2.05, 4.69) is 4.40 Å². The van der Waals surface area contributed by atoms with Crippen LogP contribution in [0.2, 0.25) is 0 Å². The molecule has 1 aliphatic rings. The minimum atomic E-state index is -3.91. The number of sulfonamides is 1. The quantitative estimate of drug-likeness (QED) is 0.617. The van der Waals surface area contributed by atoms with Crippen LogP contribution in [0.4, 0.5) is 4.39 Å². The van der Waals surface area contributed by atoms with Gasteiger partial charge in [0.1, 0.15) is 11.7 Å². The minimum Gasteiger partial charge on any atom is -0.355 e. The fourth-order valence-corrected chi connectivity index (χ4v) is 3.97. The Morgan fingerprint density at radius 3 is 2.08 bits per heavy atom. The second kappa shape index (κ2) is 7.78. The monoisotopic (exact) mass is 360 g/mol. The van der Waals surface area contributed by atoms with E-state index in [9.17, 15) is 12.8 Å². The van der Waals surface area contributed by atoms with E-state index < -0.39 is 15.8 Å². The van der Waals surface area contributed by atoms with Crippen molar-refractivity contribution >= 4 is 15.9 Å². The molecule has 2 aromatic carbocycles. The average molecular weight is 360 g/mol. The maximum atomic E-state index is 13.1. The number of amidine groups is 1. The first-order valence-electron chi connectivity index (χ1n) is 8.47. The molecule has 132 valence electrons. The smallest absolute Gasteiger partial charge is 0.284 e. The number of likely N-dealkylation sites (tertiary alicyclic amines) is 1. The zero-order valence-corrected chi connectivity index (χ0v) is 14.8. The number of halogens is 1. The molecule has 1 aliphatic heterocycles. The van der Waals surface area contributed by atoms with Crippen LogP contribution in [0.3, 0.4) is 0 Å². The molecule has 0 amide bonds. The fourth-order valence-electron chi connectivity index (χ4n) is 2.94. The Hall–Kier alpha value is -2.21. The largest absolute Gasteiger partial charge is 0.355 e. The maximum Gasteiger partial charge on any atom is 0.284 e. The van der Waals surface area contributed by atoms with Gasteiger partial charge in [0.2, 0.25) is 0 Å². The topological polar surface area (TPSA) is 49.7 Å². The molecule has 0 unspecified atom stereocenters. The summed E-state index contributed by atoms with van der Waals surface area (Å²) in [4.78, 5) is 2.04. The summed E-state index contributed by atoms with van der Waals surface area (Å²) in [6.07, 6.45) is 4.32. The van der Waals surface area contributed by atoms with Crippen molar-refractivity contribution in [3.05, 3.63) is 66.0 Å². The van der Waals surface area contributed by atoms with Crippen LogP contribution in [-0.4, -0.2) is 32.2 Å². The Morgan fingerprint density at radius 1 is 0.880 bits per heavy atom. The molecule has 0 aliphatic carbocycles. The summed E-state index contributed by atoms with van der Waals surface area (Å²) in [6.45, 7) is 1.57. The molecule has 0 bridgehead atoms. The van der Waals surface area contributed by atoms with Crippen LogP contribution in [0.5, 0.6) is 0 Å². The first-order chi connectivity index (χ1) is 12.1. The molecule has 0 radical (unpaired) electrons. The number of benzene rings is 2. The van der Waals surface area contributed by atoms with Crippen LogP contribution in [0.1, 0.15) is 31.2 Å². The molecular weight excluding hydrogens is 339 g/mol. The van der Waals surface area contributed by atoms with Crippen molar-refractivity contribution in [3.63, 3.8) is 0 Å². The maximum absolute atomic E-state index is 13.1. The minimum absolute atomic E-state index is 0.00264. The third-order valence-electron chi connectivity index (χ3n) is 4.26. The highest BCUT2D eigenvalue weighted by molar-refractivity contribution is 7.90. The van der Waals surface area contributed by atoms with Crippen LogP contribution >= 0.6 is 0 Å². The van der Waals surface area contributed by atoms with E-state index in [0.717, 1.165) is 56.5 Å². The third-order valence-corrected chi connectivity index (χ3v) is 5.54. The van der Waals surface area contributed by atoms with E-state index >= 15 is 0 Å². The van der Waals surface area contributed by atoms with E-state index in [0.29, 0.717) is 5.84 Å². The predicted octanol–water partition coefficient (Wildman–Crippen LogP) is 3.84. The Kier molecular flexibility index (Phi) is 5.48. The van der Waals surface area contributed by atoms with Crippen molar-refractivity contribution in [3.8, 4) is 0 Å². The highest BCUT2D eigenvalue weighted by Gasteiger charge is 2.21. The summed E-state index contributed by atoms with van der Waals surface area (Å²) in [5.41, 5.74) is 0.773. The zero-order valence-electron chi connectivity index (χ0n) is 13.9. The van der Waals surface area contributed by atoms with Crippen LogP contribution in [-0.2, 0) is 10.0 Å². The fraction of sp³-hybridized carbons (Fsp3) is 0.316. The van der Waals surface area contributed by atoms with Crippen molar-refractivity contribution in [2.24, 2.45) is 4.40 Å². The molecule has 0 atom stereocenters. The number of hydrogen-bond donors (Lipinski definition) is 0. The van der Waals surface area contributed by atoms with Gasteiger partial charge in [-0.2, -0.15) is 8.42 Å². The number of nitrogens with zero attached hydrogens (tertiary/aromatic N) is 2. The van der Waals surface area contributed by atoms with Gasteiger partial charge in [-0.25, -0.2) is 4.39 Å². The van der Waals surface area contributed by atoms with Crippen molar-refractivity contribution in [2.75, 3.05) is 13.1 Å². The number of hydrogen-bond acceptors (Lipinski definition) is 2. The van der Waals surface area contributed by atoms with Gasteiger partial charge in [-0.15, -0.1) is 4.40 Å². The third kappa shape index (κ3) is 4.45. The molecule has 25 heavy (non-hydrogen) atoms. The molecular formula is C19H21FN2O2S. The van der Waals surface area contributed by atoms with E-state index in [1.165, 1.54) is 12.1 Å². The van der Waals surface area contributed by atoms with E-state index in [4.69, 9.17) is 0 Å². The second-order valence-electron chi connectivity index (χ2n) is 6.11. The summed E-state index contributed by atoms with van der Waals surface area (Å²) in [5.74, 6) is -0.00874. The average Bonchev–Trinajstić information content (AvgIpc) is 2.90. The highest BCUT2D eigenvalue weighted by Crippen LogP contribution is 2.19. The molecule has 4 nitrogen and oxygen atoms in total. The summed E-state index contributed by atoms with van der Waals surface area (Å²) in [6, 6.07) is 14.1. The van der Waals surface area contributed by atoms with Crippen LogP contribution < -0.4 is 0 Å². The molecule has 3 rings (SSSR count). The molecule has 6 heteroatoms. The van der Waals surface area contributed by atoms with E-state index in [1.54, 1.807) is 0 Å². The van der Waals surface area contributed by atoms with Crippen molar-refractivity contribution in [1.82, 2.24) is 4.90 Å². The molecule has 0 aromatic heterocycles. The lowest BCUT2D eigenvalue weighted by Gasteiger charge is -2.24. The van der Waals surface area contributed by atoms with Crippen LogP contribution in [0.15, 0.2) is 63.9 Å². The van der Waals surface area contributed by atoms with Gasteiger partial charge in [0.15, 0.2) is 0 Å². The van der Waals surface area contributed by atoms with Gasteiger partial charge in [0.25, 0.3) is 10.0 Å². The Bertz CT molecular complexity index is 825. The molecule has 1 heterocycles. The first kappa shape index (κ1) is 17.6. The van der Waals surface area contributed by atoms with Gasteiger partial charge < -0.3 is 4.90 Å². The van der Waals surface area contributed by atoms with Gasteiger partial charge in [0, 0.05) is 18.7 Å². The molecule has 0 saturated carbocycles. The van der Waals surface area contributed by atoms with Crippen molar-refractivity contribution in [2.45, 2.75) is 30.6 Å². The van der Waals surface area contributed by atoms with Gasteiger partial charge in [-0.05, 0) is 37.1 Å².